The van der Waals surface area contributed by atoms with Crippen molar-refractivity contribution in [2.24, 2.45) is 0 Å². The predicted octanol–water partition coefficient (Wildman–Crippen LogP) is 0.773. The van der Waals surface area contributed by atoms with E-state index < -0.39 is 0 Å². The number of amides is 1. The fraction of sp³-hybridized carbons (Fsp3) is 0.545. The average molecular weight is 240 g/mol. The number of ether oxygens (including phenoxy) is 1. The molecule has 16 heavy (non-hydrogen) atoms. The van der Waals surface area contributed by atoms with Gasteiger partial charge in [0.15, 0.2) is 0 Å². The average Bonchev–Trinajstić information content (AvgIpc) is 2.86. The molecule has 0 aliphatic carbocycles. The molecule has 4 nitrogen and oxygen atoms in total. The number of hydrogen-bond acceptors (Lipinski definition) is 4. The van der Waals surface area contributed by atoms with Crippen LogP contribution in [0, 0.1) is 6.92 Å². The highest BCUT2D eigenvalue weighted by Gasteiger charge is 2.28. The van der Waals surface area contributed by atoms with Crippen LogP contribution in [0.4, 0.5) is 0 Å². The van der Waals surface area contributed by atoms with Crippen LogP contribution in [-0.2, 0) is 4.74 Å². The zero-order valence-electron chi connectivity index (χ0n) is 9.45. The first kappa shape index (κ1) is 11.6. The highest BCUT2D eigenvalue weighted by atomic mass is 32.1. The predicted molar refractivity (Wildman–Crippen MR) is 64.0 cm³/mol. The Morgan fingerprint density at radius 2 is 2.44 bits per heavy atom. The van der Waals surface area contributed by atoms with E-state index in [1.165, 1.54) is 11.3 Å². The van der Waals surface area contributed by atoms with Gasteiger partial charge in [-0.3, -0.25) is 4.79 Å². The lowest BCUT2D eigenvalue weighted by Gasteiger charge is -2.18. The zero-order chi connectivity index (χ0) is 11.5. The molecule has 0 aromatic carbocycles. The second-order valence-corrected chi connectivity index (χ2v) is 4.86. The smallest absolute Gasteiger partial charge is 0.261 e. The lowest BCUT2D eigenvalue weighted by Crippen LogP contribution is -2.43. The van der Waals surface area contributed by atoms with E-state index in [1.807, 2.05) is 18.4 Å². The monoisotopic (exact) mass is 240 g/mol. The molecule has 1 saturated heterocycles. The normalized spacial score (nSPS) is 24.6. The fourth-order valence-electron chi connectivity index (χ4n) is 1.89. The maximum atomic E-state index is 12.0. The molecule has 2 atom stereocenters. The van der Waals surface area contributed by atoms with E-state index in [1.54, 1.807) is 7.11 Å². The number of hydrogen-bond donors (Lipinski definition) is 2. The molecule has 2 N–H and O–H groups in total. The molecular weight excluding hydrogens is 224 g/mol. The number of nitrogens with one attached hydrogen (secondary N) is 2. The van der Waals surface area contributed by atoms with Crippen molar-refractivity contribution in [1.82, 2.24) is 10.6 Å². The van der Waals surface area contributed by atoms with E-state index >= 15 is 0 Å². The molecule has 1 aliphatic heterocycles. The summed E-state index contributed by atoms with van der Waals surface area (Å²) in [6, 6.07) is 2.03. The molecule has 1 amide bonds. The molecule has 1 aromatic rings. The van der Waals surface area contributed by atoms with Crippen molar-refractivity contribution >= 4 is 17.2 Å². The van der Waals surface area contributed by atoms with Crippen molar-refractivity contribution in [3.63, 3.8) is 0 Å². The summed E-state index contributed by atoms with van der Waals surface area (Å²) in [6.45, 7) is 3.52. The standard InChI is InChI=1S/C11H16N2O2S/c1-7-3-4-16-10(7)11(14)13-8-5-12-6-9(8)15-2/h3-4,8-9,12H,5-6H2,1-2H3,(H,13,14). The first-order chi connectivity index (χ1) is 7.72. The second-order valence-electron chi connectivity index (χ2n) is 3.95. The van der Waals surface area contributed by atoms with Gasteiger partial charge in [0.2, 0.25) is 0 Å². The van der Waals surface area contributed by atoms with E-state index in [-0.39, 0.29) is 18.1 Å². The Bertz CT molecular complexity index is 378. The first-order valence-corrected chi connectivity index (χ1v) is 6.19. The van der Waals surface area contributed by atoms with Gasteiger partial charge in [0.1, 0.15) is 0 Å². The SMILES string of the molecule is COC1CNCC1NC(=O)c1sccc1C. The summed E-state index contributed by atoms with van der Waals surface area (Å²) in [7, 11) is 1.67. The Hall–Kier alpha value is -0.910. The number of thiophene rings is 1. The van der Waals surface area contributed by atoms with Crippen molar-refractivity contribution in [2.75, 3.05) is 20.2 Å². The van der Waals surface area contributed by atoms with E-state index in [2.05, 4.69) is 10.6 Å². The van der Waals surface area contributed by atoms with Gasteiger partial charge < -0.3 is 15.4 Å². The van der Waals surface area contributed by atoms with Gasteiger partial charge in [0.05, 0.1) is 17.0 Å². The van der Waals surface area contributed by atoms with Gasteiger partial charge >= 0.3 is 0 Å². The van der Waals surface area contributed by atoms with Gasteiger partial charge in [-0.25, -0.2) is 0 Å². The van der Waals surface area contributed by atoms with Crippen LogP contribution in [-0.4, -0.2) is 38.3 Å². The largest absolute Gasteiger partial charge is 0.378 e. The maximum absolute atomic E-state index is 12.0. The van der Waals surface area contributed by atoms with Gasteiger partial charge in [-0.05, 0) is 23.9 Å². The molecule has 0 saturated carbocycles. The highest BCUT2D eigenvalue weighted by molar-refractivity contribution is 7.12. The zero-order valence-corrected chi connectivity index (χ0v) is 10.3. The van der Waals surface area contributed by atoms with Crippen LogP contribution in [0.3, 0.4) is 0 Å². The van der Waals surface area contributed by atoms with Crippen molar-refractivity contribution < 1.29 is 9.53 Å². The minimum absolute atomic E-state index is 0.00301. The number of methoxy groups -OCH3 is 1. The van der Waals surface area contributed by atoms with Crippen molar-refractivity contribution in [1.29, 1.82) is 0 Å². The Balaban J connectivity index is 2.00. The minimum Gasteiger partial charge on any atom is -0.378 e. The topological polar surface area (TPSA) is 50.4 Å². The molecule has 88 valence electrons. The summed E-state index contributed by atoms with van der Waals surface area (Å²) in [4.78, 5) is 12.8. The Morgan fingerprint density at radius 3 is 3.06 bits per heavy atom. The Labute approximate surface area is 99.0 Å². The first-order valence-electron chi connectivity index (χ1n) is 5.31. The molecule has 2 heterocycles. The van der Waals surface area contributed by atoms with Crippen LogP contribution < -0.4 is 10.6 Å². The third-order valence-corrected chi connectivity index (χ3v) is 3.86. The maximum Gasteiger partial charge on any atom is 0.261 e. The van der Waals surface area contributed by atoms with Gasteiger partial charge in [0.25, 0.3) is 5.91 Å². The van der Waals surface area contributed by atoms with Crippen LogP contribution in [0.25, 0.3) is 0 Å². The molecule has 0 spiro atoms. The van der Waals surface area contributed by atoms with Gasteiger partial charge in [0, 0.05) is 20.2 Å². The van der Waals surface area contributed by atoms with E-state index in [4.69, 9.17) is 4.74 Å². The molecule has 1 aliphatic rings. The van der Waals surface area contributed by atoms with Crippen LogP contribution >= 0.6 is 11.3 Å². The van der Waals surface area contributed by atoms with Crippen LogP contribution in [0.1, 0.15) is 15.2 Å². The summed E-state index contributed by atoms with van der Waals surface area (Å²) in [6.07, 6.45) is 0.0734. The Kier molecular flexibility index (Phi) is 3.58. The van der Waals surface area contributed by atoms with E-state index in [0.29, 0.717) is 0 Å². The molecule has 5 heteroatoms. The second kappa shape index (κ2) is 4.95. The van der Waals surface area contributed by atoms with Crippen LogP contribution in [0.2, 0.25) is 0 Å². The lowest BCUT2D eigenvalue weighted by atomic mass is 10.2. The number of carbonyl (C=O) groups is 1. The Morgan fingerprint density at radius 1 is 1.62 bits per heavy atom. The van der Waals surface area contributed by atoms with E-state index in [9.17, 15) is 4.79 Å². The van der Waals surface area contributed by atoms with Gasteiger partial charge in [-0.1, -0.05) is 0 Å². The summed E-state index contributed by atoms with van der Waals surface area (Å²) in [5.41, 5.74) is 1.03. The number of carbonyl (C=O) groups excluding carboxylic acids is 1. The third kappa shape index (κ3) is 2.26. The summed E-state index contributed by atoms with van der Waals surface area (Å²) >= 11 is 1.48. The molecule has 0 radical (unpaired) electrons. The quantitative estimate of drug-likeness (QED) is 0.820. The van der Waals surface area contributed by atoms with Gasteiger partial charge in [-0.15, -0.1) is 11.3 Å². The summed E-state index contributed by atoms with van der Waals surface area (Å²) in [5, 5.41) is 8.14. The molecule has 1 fully saturated rings. The van der Waals surface area contributed by atoms with Crippen molar-refractivity contribution in [3.8, 4) is 0 Å². The lowest BCUT2D eigenvalue weighted by molar-refractivity contribution is 0.0782. The summed E-state index contributed by atoms with van der Waals surface area (Å²) in [5.74, 6) is 0.00301. The molecule has 2 rings (SSSR count). The molecule has 0 bridgehead atoms. The number of aryl methyl sites for hydroxylation is 1. The number of rotatable bonds is 3. The summed E-state index contributed by atoms with van der Waals surface area (Å²) < 4.78 is 5.30. The van der Waals surface area contributed by atoms with E-state index in [0.717, 1.165) is 23.5 Å². The molecule has 1 aromatic heterocycles. The van der Waals surface area contributed by atoms with Crippen molar-refractivity contribution in [3.05, 3.63) is 21.9 Å². The third-order valence-electron chi connectivity index (χ3n) is 2.85. The fourth-order valence-corrected chi connectivity index (χ4v) is 2.71. The molecular formula is C11H16N2O2S. The van der Waals surface area contributed by atoms with Crippen LogP contribution in [0.15, 0.2) is 11.4 Å². The van der Waals surface area contributed by atoms with Crippen LogP contribution in [0.5, 0.6) is 0 Å². The minimum atomic E-state index is 0.00301. The van der Waals surface area contributed by atoms with Gasteiger partial charge in [-0.2, -0.15) is 0 Å². The van der Waals surface area contributed by atoms with Crippen molar-refractivity contribution in [2.45, 2.75) is 19.1 Å². The molecule has 2 unspecified atom stereocenters. The highest BCUT2D eigenvalue weighted by Crippen LogP contribution is 2.16.